The number of para-hydroxylation sites is 1. The lowest BCUT2D eigenvalue weighted by Crippen LogP contribution is -2.38. The summed E-state index contributed by atoms with van der Waals surface area (Å²) in [5, 5.41) is 2.01. The molecule has 12 heteroatoms. The summed E-state index contributed by atoms with van der Waals surface area (Å²) in [7, 11) is -4.58. The predicted molar refractivity (Wildman–Crippen MR) is 117 cm³/mol. The van der Waals surface area contributed by atoms with Gasteiger partial charge in [-0.2, -0.15) is 26.3 Å². The molecule has 0 saturated heterocycles. The molecule has 0 aliphatic heterocycles. The van der Waals surface area contributed by atoms with Gasteiger partial charge in [0.25, 0.3) is 10.0 Å². The first-order valence-corrected chi connectivity index (χ1v) is 11.4. The molecule has 0 aliphatic carbocycles. The van der Waals surface area contributed by atoms with Crippen molar-refractivity contribution < 1.29 is 39.6 Å². The molecule has 35 heavy (non-hydrogen) atoms. The Balaban J connectivity index is 2.03. The molecule has 3 aromatic carbocycles. The number of hydrogen-bond acceptors (Lipinski definition) is 3. The molecule has 186 valence electrons. The van der Waals surface area contributed by atoms with Crippen molar-refractivity contribution in [2.24, 2.45) is 0 Å². The van der Waals surface area contributed by atoms with Gasteiger partial charge in [-0.25, -0.2) is 8.42 Å². The van der Waals surface area contributed by atoms with Crippen molar-refractivity contribution in [3.05, 3.63) is 89.5 Å². The van der Waals surface area contributed by atoms with E-state index in [0.717, 1.165) is 36.4 Å². The fourth-order valence-electron chi connectivity index (χ4n) is 3.15. The maximum absolute atomic E-state index is 13.3. The van der Waals surface area contributed by atoms with Gasteiger partial charge in [-0.05, 0) is 49.4 Å². The van der Waals surface area contributed by atoms with E-state index in [1.165, 1.54) is 30.3 Å². The highest BCUT2D eigenvalue weighted by Gasteiger charge is 2.35. The third-order valence-corrected chi connectivity index (χ3v) is 6.65. The third-order valence-electron chi connectivity index (χ3n) is 4.86. The van der Waals surface area contributed by atoms with Gasteiger partial charge in [-0.15, -0.1) is 0 Å². The Morgan fingerprint density at radius 3 is 2.09 bits per heavy atom. The van der Waals surface area contributed by atoms with E-state index in [4.69, 9.17) is 0 Å². The Bertz CT molecular complexity index is 1320. The zero-order chi connectivity index (χ0) is 26.0. The predicted octanol–water partition coefficient (Wildman–Crippen LogP) is 5.87. The van der Waals surface area contributed by atoms with Crippen LogP contribution in [0.25, 0.3) is 0 Å². The summed E-state index contributed by atoms with van der Waals surface area (Å²) in [4.78, 5) is 12.4. The van der Waals surface area contributed by atoms with Crippen molar-refractivity contribution in [2.75, 3.05) is 16.2 Å². The van der Waals surface area contributed by atoms with E-state index >= 15 is 0 Å². The Morgan fingerprint density at radius 1 is 0.857 bits per heavy atom. The number of amides is 1. The first-order valence-electron chi connectivity index (χ1n) is 9.92. The summed E-state index contributed by atoms with van der Waals surface area (Å²) >= 11 is 0. The lowest BCUT2D eigenvalue weighted by atomic mass is 10.1. The van der Waals surface area contributed by atoms with Crippen molar-refractivity contribution in [2.45, 2.75) is 24.2 Å². The Labute approximate surface area is 197 Å². The highest BCUT2D eigenvalue weighted by Crippen LogP contribution is 2.35. The summed E-state index contributed by atoms with van der Waals surface area (Å²) < 4.78 is 107. The monoisotopic (exact) mass is 516 g/mol. The number of rotatable bonds is 6. The molecule has 0 spiro atoms. The van der Waals surface area contributed by atoms with E-state index in [-0.39, 0.29) is 4.90 Å². The van der Waals surface area contributed by atoms with Crippen LogP contribution in [0, 0.1) is 6.92 Å². The Kier molecular flexibility index (Phi) is 7.16. The number of hydrogen-bond donors (Lipinski definition) is 1. The van der Waals surface area contributed by atoms with Crippen molar-refractivity contribution in [3.8, 4) is 0 Å². The molecular weight excluding hydrogens is 498 g/mol. The zero-order valence-electron chi connectivity index (χ0n) is 18.0. The number of alkyl halides is 6. The molecule has 0 fully saturated rings. The second-order valence-corrected chi connectivity index (χ2v) is 9.33. The molecule has 1 amide bonds. The first kappa shape index (κ1) is 26.1. The van der Waals surface area contributed by atoms with Crippen LogP contribution in [0.1, 0.15) is 16.7 Å². The zero-order valence-corrected chi connectivity index (χ0v) is 18.8. The van der Waals surface area contributed by atoms with Crippen LogP contribution in [0.4, 0.5) is 37.7 Å². The molecule has 0 radical (unpaired) electrons. The van der Waals surface area contributed by atoms with E-state index in [9.17, 15) is 39.6 Å². The molecule has 0 atom stereocenters. The van der Waals surface area contributed by atoms with Gasteiger partial charge in [0, 0.05) is 0 Å². The number of nitrogens with zero attached hydrogens (tertiary/aromatic N) is 1. The summed E-state index contributed by atoms with van der Waals surface area (Å²) in [5.41, 5.74) is -2.74. The van der Waals surface area contributed by atoms with Crippen LogP contribution in [0.15, 0.2) is 77.7 Å². The molecule has 0 aromatic heterocycles. The number of aryl methyl sites for hydroxylation is 1. The highest BCUT2D eigenvalue weighted by atomic mass is 32.2. The molecule has 1 N–H and O–H groups in total. The third kappa shape index (κ3) is 6.13. The van der Waals surface area contributed by atoms with E-state index in [1.54, 1.807) is 6.92 Å². The minimum absolute atomic E-state index is 0.316. The number of carbonyl (C=O) groups excluding carboxylic acids is 1. The minimum atomic E-state index is -4.81. The topological polar surface area (TPSA) is 66.5 Å². The van der Waals surface area contributed by atoms with Gasteiger partial charge >= 0.3 is 12.4 Å². The van der Waals surface area contributed by atoms with Crippen molar-refractivity contribution in [1.29, 1.82) is 0 Å². The summed E-state index contributed by atoms with van der Waals surface area (Å²) in [6, 6.07) is 12.7. The molecule has 3 aromatic rings. The smallest absolute Gasteiger partial charge is 0.324 e. The summed E-state index contributed by atoms with van der Waals surface area (Å²) in [6.07, 6.45) is -9.61. The number of carbonyl (C=O) groups is 1. The molecule has 0 bridgehead atoms. The molecule has 3 rings (SSSR count). The van der Waals surface area contributed by atoms with Gasteiger partial charge < -0.3 is 5.32 Å². The molecule has 0 saturated carbocycles. The van der Waals surface area contributed by atoms with Gasteiger partial charge in [0.05, 0.1) is 27.4 Å². The van der Waals surface area contributed by atoms with E-state index in [2.05, 4.69) is 0 Å². The van der Waals surface area contributed by atoms with Crippen molar-refractivity contribution in [1.82, 2.24) is 0 Å². The second-order valence-electron chi connectivity index (χ2n) is 7.46. The van der Waals surface area contributed by atoms with Gasteiger partial charge in [0.15, 0.2) is 0 Å². The average molecular weight is 516 g/mol. The largest absolute Gasteiger partial charge is 0.418 e. The summed E-state index contributed by atoms with van der Waals surface area (Å²) in [5.74, 6) is -1.19. The first-order chi connectivity index (χ1) is 16.2. The number of halogens is 6. The van der Waals surface area contributed by atoms with Crippen LogP contribution < -0.4 is 9.62 Å². The second kappa shape index (κ2) is 9.61. The SMILES string of the molecule is Cc1ccc(S(=O)(=O)N(CC(=O)Nc2ccccc2C(F)(F)F)c2cccc(C(F)(F)F)c2)cc1. The van der Waals surface area contributed by atoms with E-state index in [0.29, 0.717) is 15.9 Å². The minimum Gasteiger partial charge on any atom is -0.324 e. The molecule has 0 unspecified atom stereocenters. The van der Waals surface area contributed by atoms with Crippen LogP contribution in [-0.2, 0) is 27.2 Å². The normalized spacial score (nSPS) is 12.3. The number of benzene rings is 3. The van der Waals surface area contributed by atoms with Crippen molar-refractivity contribution in [3.63, 3.8) is 0 Å². The molecule has 0 heterocycles. The van der Waals surface area contributed by atoms with Gasteiger partial charge in [0.2, 0.25) is 5.91 Å². The molecule has 0 aliphatic rings. The maximum Gasteiger partial charge on any atom is 0.418 e. The lowest BCUT2D eigenvalue weighted by Gasteiger charge is -2.25. The fourth-order valence-corrected chi connectivity index (χ4v) is 4.56. The summed E-state index contributed by atoms with van der Waals surface area (Å²) in [6.45, 7) is 0.607. The highest BCUT2D eigenvalue weighted by molar-refractivity contribution is 7.92. The van der Waals surface area contributed by atoms with Gasteiger partial charge in [-0.1, -0.05) is 35.9 Å². The lowest BCUT2D eigenvalue weighted by molar-refractivity contribution is -0.138. The Hall–Kier alpha value is -3.54. The van der Waals surface area contributed by atoms with Gasteiger partial charge in [-0.3, -0.25) is 9.10 Å². The van der Waals surface area contributed by atoms with Crippen LogP contribution in [0.5, 0.6) is 0 Å². The molecule has 5 nitrogen and oxygen atoms in total. The van der Waals surface area contributed by atoms with Crippen molar-refractivity contribution >= 4 is 27.3 Å². The van der Waals surface area contributed by atoms with Crippen LogP contribution in [0.3, 0.4) is 0 Å². The fraction of sp³-hybridized carbons (Fsp3) is 0.174. The molecular formula is C23H18F6N2O3S. The van der Waals surface area contributed by atoms with E-state index in [1.807, 2.05) is 5.32 Å². The standard InChI is InChI=1S/C23H18F6N2O3S/c1-15-9-11-18(12-10-15)35(33,34)31(17-6-4-5-16(13-17)22(24,25)26)14-21(32)30-20-8-3-2-7-19(20)23(27,28)29/h2-13H,14H2,1H3,(H,30,32). The maximum atomic E-state index is 13.3. The van der Waals surface area contributed by atoms with Crippen LogP contribution in [-0.4, -0.2) is 20.9 Å². The van der Waals surface area contributed by atoms with E-state index < -0.39 is 57.3 Å². The number of anilines is 2. The van der Waals surface area contributed by atoms with Crippen LogP contribution >= 0.6 is 0 Å². The quantitative estimate of drug-likeness (QED) is 0.417. The Morgan fingerprint density at radius 2 is 1.49 bits per heavy atom. The van der Waals surface area contributed by atoms with Crippen LogP contribution in [0.2, 0.25) is 0 Å². The average Bonchev–Trinajstić information content (AvgIpc) is 2.77. The van der Waals surface area contributed by atoms with Gasteiger partial charge in [0.1, 0.15) is 6.54 Å². The number of nitrogens with one attached hydrogen (secondary N) is 1. The number of sulfonamides is 1.